The number of carbonyl (C=O) groups is 2. The summed E-state index contributed by atoms with van der Waals surface area (Å²) < 4.78 is 0. The number of rotatable bonds is 4. The van der Waals surface area contributed by atoms with Crippen molar-refractivity contribution in [3.63, 3.8) is 0 Å². The molecule has 0 atom stereocenters. The van der Waals surface area contributed by atoms with Crippen LogP contribution in [0.25, 0.3) is 0 Å². The quantitative estimate of drug-likeness (QED) is 0.464. The number of hydrogen-bond acceptors (Lipinski definition) is 5. The Bertz CT molecular complexity index is 544. The highest BCUT2D eigenvalue weighted by Gasteiger charge is 2.20. The van der Waals surface area contributed by atoms with Gasteiger partial charge in [0.05, 0.1) is 16.6 Å². The minimum Gasteiger partial charge on any atom is -0.475 e. The molecule has 0 unspecified atom stereocenters. The molecule has 0 radical (unpaired) electrons. The third kappa shape index (κ3) is 2.85. The molecule has 86 valence electrons. The first-order chi connectivity index (χ1) is 7.95. The molecule has 0 aliphatic rings. The summed E-state index contributed by atoms with van der Waals surface area (Å²) in [5.74, 6) is -2.79. The van der Waals surface area contributed by atoms with Gasteiger partial charge in [-0.15, -0.1) is 0 Å². The number of ketones is 1. The second-order valence-corrected chi connectivity index (χ2v) is 3.12. The van der Waals surface area contributed by atoms with E-state index >= 15 is 0 Å². The van der Waals surface area contributed by atoms with Gasteiger partial charge in [0.15, 0.2) is 0 Å². The zero-order valence-electron chi connectivity index (χ0n) is 8.41. The molecule has 0 fully saturated rings. The summed E-state index contributed by atoms with van der Waals surface area (Å²) in [5.41, 5.74) is -0.386. The van der Waals surface area contributed by atoms with Gasteiger partial charge >= 0.3 is 5.97 Å². The molecule has 0 spiro atoms. The standard InChI is InChI=1S/C10H6N2O5/c11-5-6-1-2-7(4-9(13)10(14)15)8(3-6)12(16)17/h1-3H,4H2,(H,14,15). The number of aliphatic carboxylic acids is 1. The van der Waals surface area contributed by atoms with E-state index in [9.17, 15) is 19.7 Å². The number of carboxylic acid groups (broad SMARTS) is 1. The van der Waals surface area contributed by atoms with E-state index in [-0.39, 0.29) is 11.1 Å². The molecule has 17 heavy (non-hydrogen) atoms. The van der Waals surface area contributed by atoms with Gasteiger partial charge in [-0.2, -0.15) is 5.26 Å². The van der Waals surface area contributed by atoms with Crippen molar-refractivity contribution in [3.05, 3.63) is 39.4 Å². The van der Waals surface area contributed by atoms with Crippen LogP contribution in [0.15, 0.2) is 18.2 Å². The molecule has 0 amide bonds. The van der Waals surface area contributed by atoms with Crippen LogP contribution in [0.5, 0.6) is 0 Å². The number of carbonyl (C=O) groups excluding carboxylic acids is 1. The van der Waals surface area contributed by atoms with Gasteiger partial charge in [0.25, 0.3) is 5.69 Å². The Morgan fingerprint density at radius 1 is 1.47 bits per heavy atom. The van der Waals surface area contributed by atoms with E-state index in [1.807, 2.05) is 0 Å². The number of nitrogens with zero attached hydrogens (tertiary/aromatic N) is 2. The van der Waals surface area contributed by atoms with E-state index in [0.717, 1.165) is 6.07 Å². The maximum atomic E-state index is 11.0. The first-order valence-electron chi connectivity index (χ1n) is 4.39. The van der Waals surface area contributed by atoms with Crippen LogP contribution >= 0.6 is 0 Å². The van der Waals surface area contributed by atoms with Crippen molar-refractivity contribution in [3.8, 4) is 6.07 Å². The van der Waals surface area contributed by atoms with Crippen LogP contribution in [0, 0.1) is 21.4 Å². The average molecular weight is 234 g/mol. The van der Waals surface area contributed by atoms with Crippen LogP contribution < -0.4 is 0 Å². The summed E-state index contributed by atoms with van der Waals surface area (Å²) in [6.07, 6.45) is -0.572. The summed E-state index contributed by atoms with van der Waals surface area (Å²) >= 11 is 0. The maximum absolute atomic E-state index is 11.0. The van der Waals surface area contributed by atoms with E-state index in [1.165, 1.54) is 12.1 Å². The Balaban J connectivity index is 3.16. The Morgan fingerprint density at radius 2 is 2.12 bits per heavy atom. The largest absolute Gasteiger partial charge is 0.475 e. The molecule has 0 saturated carbocycles. The molecule has 0 aromatic heterocycles. The van der Waals surface area contributed by atoms with E-state index in [4.69, 9.17) is 10.4 Å². The molecule has 1 aromatic carbocycles. The minimum atomic E-state index is -1.65. The maximum Gasteiger partial charge on any atom is 0.372 e. The Labute approximate surface area is 95.1 Å². The summed E-state index contributed by atoms with van der Waals surface area (Å²) in [4.78, 5) is 31.2. The minimum absolute atomic E-state index is 0.0265. The van der Waals surface area contributed by atoms with Crippen molar-refractivity contribution in [1.29, 1.82) is 5.26 Å². The molecule has 7 nitrogen and oxygen atoms in total. The van der Waals surface area contributed by atoms with Crippen molar-refractivity contribution in [2.45, 2.75) is 6.42 Å². The highest BCUT2D eigenvalue weighted by atomic mass is 16.6. The number of hydrogen-bond donors (Lipinski definition) is 1. The van der Waals surface area contributed by atoms with Gasteiger partial charge in [0, 0.05) is 18.1 Å². The monoisotopic (exact) mass is 234 g/mol. The van der Waals surface area contributed by atoms with Crippen LogP contribution in [0.4, 0.5) is 5.69 Å². The van der Waals surface area contributed by atoms with Crippen molar-refractivity contribution in [1.82, 2.24) is 0 Å². The summed E-state index contributed by atoms with van der Waals surface area (Å²) in [6.45, 7) is 0. The molecule has 7 heteroatoms. The van der Waals surface area contributed by atoms with Gasteiger partial charge in [-0.1, -0.05) is 6.07 Å². The molecule has 1 aromatic rings. The molecule has 0 bridgehead atoms. The highest BCUT2D eigenvalue weighted by Crippen LogP contribution is 2.20. The number of nitriles is 1. The third-order valence-electron chi connectivity index (χ3n) is 2.00. The predicted molar refractivity (Wildman–Crippen MR) is 54.2 cm³/mol. The van der Waals surface area contributed by atoms with Crippen molar-refractivity contribution < 1.29 is 19.6 Å². The first-order valence-corrected chi connectivity index (χ1v) is 4.39. The van der Waals surface area contributed by atoms with Crippen LogP contribution in [0.1, 0.15) is 11.1 Å². The SMILES string of the molecule is N#Cc1ccc(CC(=O)C(=O)O)c([N+](=O)[O-])c1. The fourth-order valence-electron chi connectivity index (χ4n) is 1.20. The summed E-state index contributed by atoms with van der Waals surface area (Å²) in [6, 6.07) is 5.22. The zero-order valence-corrected chi connectivity index (χ0v) is 8.41. The van der Waals surface area contributed by atoms with E-state index in [1.54, 1.807) is 6.07 Å². The van der Waals surface area contributed by atoms with Crippen LogP contribution in [-0.4, -0.2) is 21.8 Å². The molecule has 0 aliphatic carbocycles. The Kier molecular flexibility index (Phi) is 3.51. The van der Waals surface area contributed by atoms with Crippen LogP contribution in [0.3, 0.4) is 0 Å². The topological polar surface area (TPSA) is 121 Å². The van der Waals surface area contributed by atoms with Gasteiger partial charge in [-0.05, 0) is 6.07 Å². The average Bonchev–Trinajstić information content (AvgIpc) is 2.29. The van der Waals surface area contributed by atoms with E-state index in [0.29, 0.717) is 0 Å². The lowest BCUT2D eigenvalue weighted by atomic mass is 10.0. The second kappa shape index (κ2) is 4.85. The van der Waals surface area contributed by atoms with Crippen molar-refractivity contribution in [2.24, 2.45) is 0 Å². The lowest BCUT2D eigenvalue weighted by Crippen LogP contribution is -2.15. The summed E-state index contributed by atoms with van der Waals surface area (Å²) in [5, 5.41) is 27.7. The molecule has 0 aliphatic heterocycles. The number of nitro groups is 1. The van der Waals surface area contributed by atoms with Crippen LogP contribution in [-0.2, 0) is 16.0 Å². The Morgan fingerprint density at radius 3 is 2.59 bits per heavy atom. The fraction of sp³-hybridized carbons (Fsp3) is 0.100. The van der Waals surface area contributed by atoms with E-state index in [2.05, 4.69) is 0 Å². The van der Waals surface area contributed by atoms with Crippen molar-refractivity contribution >= 4 is 17.4 Å². The normalized spacial score (nSPS) is 9.35. The number of benzene rings is 1. The van der Waals surface area contributed by atoms with Gasteiger partial charge < -0.3 is 5.11 Å². The smallest absolute Gasteiger partial charge is 0.372 e. The highest BCUT2D eigenvalue weighted by molar-refractivity contribution is 6.33. The predicted octanol–water partition coefficient (Wildman–Crippen LogP) is 0.663. The van der Waals surface area contributed by atoms with Gasteiger partial charge in [0.2, 0.25) is 5.78 Å². The molecule has 0 saturated heterocycles. The van der Waals surface area contributed by atoms with Crippen LogP contribution in [0.2, 0.25) is 0 Å². The van der Waals surface area contributed by atoms with Crippen molar-refractivity contribution in [2.75, 3.05) is 0 Å². The molecule has 0 heterocycles. The van der Waals surface area contributed by atoms with Gasteiger partial charge in [-0.25, -0.2) is 4.79 Å². The van der Waals surface area contributed by atoms with Gasteiger partial charge in [0.1, 0.15) is 0 Å². The molecule has 1 rings (SSSR count). The van der Waals surface area contributed by atoms with E-state index < -0.39 is 28.8 Å². The Hall–Kier alpha value is -2.75. The number of nitro benzene ring substituents is 1. The molecule has 1 N–H and O–H groups in total. The zero-order chi connectivity index (χ0) is 13.0. The fourth-order valence-corrected chi connectivity index (χ4v) is 1.20. The summed E-state index contributed by atoms with van der Waals surface area (Å²) in [7, 11) is 0. The lowest BCUT2D eigenvalue weighted by Gasteiger charge is -2.00. The molecular formula is C10H6N2O5. The third-order valence-corrected chi connectivity index (χ3v) is 2.00. The van der Waals surface area contributed by atoms with Gasteiger partial charge in [-0.3, -0.25) is 14.9 Å². The second-order valence-electron chi connectivity index (χ2n) is 3.12. The number of Topliss-reactive ketones (excluding diaryl/α,β-unsaturated/α-hetero) is 1. The first kappa shape index (κ1) is 12.3. The number of carboxylic acids is 1. The lowest BCUT2D eigenvalue weighted by molar-refractivity contribution is -0.385. The molecular weight excluding hydrogens is 228 g/mol.